The minimum Gasteiger partial charge on any atom is -0.351 e. The lowest BCUT2D eigenvalue weighted by molar-refractivity contribution is -0.123. The van der Waals surface area contributed by atoms with Crippen LogP contribution in [0, 0.1) is 0 Å². The smallest absolute Gasteiger partial charge is 0.222 e. The molecule has 0 saturated carbocycles. The summed E-state index contributed by atoms with van der Waals surface area (Å²) in [6.45, 7) is 4.67. The molecule has 0 aromatic rings. The summed E-state index contributed by atoms with van der Waals surface area (Å²) in [6.07, 6.45) is 2.10. The highest BCUT2D eigenvalue weighted by Crippen LogP contribution is 2.13. The molecule has 2 N–H and O–H groups in total. The number of carbonyl (C=O) groups is 1. The molecule has 7 heteroatoms. The molecule has 1 rings (SSSR count). The summed E-state index contributed by atoms with van der Waals surface area (Å²) >= 11 is 1.85. The lowest BCUT2D eigenvalue weighted by atomic mass is 10.0. The van der Waals surface area contributed by atoms with E-state index in [-0.39, 0.29) is 17.7 Å². The second-order valence-corrected chi connectivity index (χ2v) is 9.15. The lowest BCUT2D eigenvalue weighted by Crippen LogP contribution is -2.48. The van der Waals surface area contributed by atoms with Crippen LogP contribution >= 0.6 is 11.8 Å². The Morgan fingerprint density at radius 2 is 2.16 bits per heavy atom. The highest BCUT2D eigenvalue weighted by molar-refractivity contribution is 7.99. The third kappa shape index (κ3) is 7.79. The Hall–Kier alpha value is -0.270. The van der Waals surface area contributed by atoms with Gasteiger partial charge in [0.2, 0.25) is 5.91 Å². The monoisotopic (exact) mass is 308 g/mol. The van der Waals surface area contributed by atoms with Crippen molar-refractivity contribution in [1.29, 1.82) is 0 Å². The van der Waals surface area contributed by atoms with Crippen molar-refractivity contribution < 1.29 is 13.2 Å². The standard InChI is InChI=1S/C12H24N2O3S2/c1-12(2,4-7-19(3,16)17)14-11(15)8-10-9-18-6-5-13-10/h10,13H,4-9H2,1-3H3,(H,14,15). The van der Waals surface area contributed by atoms with Crippen molar-refractivity contribution in [2.75, 3.05) is 30.1 Å². The van der Waals surface area contributed by atoms with E-state index in [0.717, 1.165) is 18.1 Å². The Kier molecular flexibility index (Phi) is 6.14. The van der Waals surface area contributed by atoms with Crippen LogP contribution in [0.3, 0.4) is 0 Å². The molecule has 112 valence electrons. The predicted octanol–water partition coefficient (Wildman–Crippen LogP) is 0.411. The average Bonchev–Trinajstić information content (AvgIpc) is 2.26. The van der Waals surface area contributed by atoms with E-state index in [9.17, 15) is 13.2 Å². The molecule has 0 aromatic heterocycles. The van der Waals surface area contributed by atoms with Gasteiger partial charge in [-0.25, -0.2) is 8.42 Å². The summed E-state index contributed by atoms with van der Waals surface area (Å²) in [5, 5.41) is 6.24. The normalized spacial score (nSPS) is 21.1. The van der Waals surface area contributed by atoms with Gasteiger partial charge in [0.05, 0.1) is 5.75 Å². The maximum Gasteiger partial charge on any atom is 0.222 e. The zero-order valence-electron chi connectivity index (χ0n) is 11.9. The van der Waals surface area contributed by atoms with Crippen molar-refractivity contribution in [2.24, 2.45) is 0 Å². The van der Waals surface area contributed by atoms with Crippen LogP contribution in [0.25, 0.3) is 0 Å². The summed E-state index contributed by atoms with van der Waals surface area (Å²) in [7, 11) is -2.99. The second-order valence-electron chi connectivity index (χ2n) is 5.74. The summed E-state index contributed by atoms with van der Waals surface area (Å²) in [5.41, 5.74) is -0.484. The lowest BCUT2D eigenvalue weighted by Gasteiger charge is -2.28. The van der Waals surface area contributed by atoms with E-state index in [0.29, 0.717) is 12.8 Å². The summed E-state index contributed by atoms with van der Waals surface area (Å²) in [5.74, 6) is 2.13. The van der Waals surface area contributed by atoms with E-state index in [4.69, 9.17) is 0 Å². The number of nitrogens with one attached hydrogen (secondary N) is 2. The van der Waals surface area contributed by atoms with Crippen LogP contribution in [0.4, 0.5) is 0 Å². The van der Waals surface area contributed by atoms with Gasteiger partial charge in [-0.3, -0.25) is 4.79 Å². The number of hydrogen-bond donors (Lipinski definition) is 2. The molecule has 0 aliphatic carbocycles. The molecule has 0 radical (unpaired) electrons. The molecule has 0 spiro atoms. The van der Waals surface area contributed by atoms with Crippen LogP contribution in [0.15, 0.2) is 0 Å². The maximum absolute atomic E-state index is 11.9. The van der Waals surface area contributed by atoms with Crippen molar-refractivity contribution in [3.63, 3.8) is 0 Å². The number of rotatable bonds is 6. The Bertz CT molecular complexity index is 401. The van der Waals surface area contributed by atoms with Crippen LogP contribution in [-0.2, 0) is 14.6 Å². The Labute approximate surface area is 120 Å². The molecule has 1 amide bonds. The molecule has 1 aliphatic heterocycles. The summed E-state index contributed by atoms with van der Waals surface area (Å²) in [4.78, 5) is 11.9. The number of hydrogen-bond acceptors (Lipinski definition) is 5. The van der Waals surface area contributed by atoms with E-state index in [1.807, 2.05) is 25.6 Å². The fourth-order valence-corrected chi connectivity index (χ4v) is 3.74. The Morgan fingerprint density at radius 1 is 1.47 bits per heavy atom. The first-order valence-electron chi connectivity index (χ1n) is 6.48. The van der Waals surface area contributed by atoms with Gasteiger partial charge in [-0.1, -0.05) is 0 Å². The molecular weight excluding hydrogens is 284 g/mol. The first-order valence-corrected chi connectivity index (χ1v) is 9.69. The molecule has 1 fully saturated rings. The SMILES string of the molecule is CC(C)(CCS(C)(=O)=O)NC(=O)CC1CSCCN1. The van der Waals surface area contributed by atoms with E-state index in [1.165, 1.54) is 6.26 Å². The highest BCUT2D eigenvalue weighted by atomic mass is 32.2. The van der Waals surface area contributed by atoms with Gasteiger partial charge in [0.15, 0.2) is 0 Å². The van der Waals surface area contributed by atoms with Crippen LogP contribution in [0.5, 0.6) is 0 Å². The third-order valence-corrected chi connectivity index (χ3v) is 5.08. The molecule has 1 aliphatic rings. The minimum atomic E-state index is -2.99. The van der Waals surface area contributed by atoms with Gasteiger partial charge in [-0.2, -0.15) is 11.8 Å². The highest BCUT2D eigenvalue weighted by Gasteiger charge is 2.24. The molecular formula is C12H24N2O3S2. The largest absolute Gasteiger partial charge is 0.351 e. The first kappa shape index (κ1) is 16.8. The molecule has 1 unspecified atom stereocenters. The number of thioether (sulfide) groups is 1. The van der Waals surface area contributed by atoms with Crippen LogP contribution in [0.2, 0.25) is 0 Å². The van der Waals surface area contributed by atoms with Crippen molar-refractivity contribution in [3.8, 4) is 0 Å². The fraction of sp³-hybridized carbons (Fsp3) is 0.917. The fourth-order valence-electron chi connectivity index (χ4n) is 1.91. The molecule has 1 heterocycles. The zero-order chi connectivity index (χ0) is 14.5. The van der Waals surface area contributed by atoms with Crippen molar-refractivity contribution in [1.82, 2.24) is 10.6 Å². The van der Waals surface area contributed by atoms with Gasteiger partial charge in [0.1, 0.15) is 9.84 Å². The number of carbonyl (C=O) groups excluding carboxylic acids is 1. The van der Waals surface area contributed by atoms with Gasteiger partial charge in [-0.05, 0) is 20.3 Å². The average molecular weight is 308 g/mol. The summed E-state index contributed by atoms with van der Waals surface area (Å²) in [6, 6.07) is 0.226. The van der Waals surface area contributed by atoms with Crippen molar-refractivity contribution >= 4 is 27.5 Å². The molecule has 1 atom stereocenters. The molecule has 0 bridgehead atoms. The van der Waals surface area contributed by atoms with Gasteiger partial charge < -0.3 is 10.6 Å². The van der Waals surface area contributed by atoms with Gasteiger partial charge in [-0.15, -0.1) is 0 Å². The number of sulfone groups is 1. The molecule has 5 nitrogen and oxygen atoms in total. The first-order chi connectivity index (χ1) is 8.68. The van der Waals surface area contributed by atoms with Crippen LogP contribution < -0.4 is 10.6 Å². The minimum absolute atomic E-state index is 0.0153. The van der Waals surface area contributed by atoms with Gasteiger partial charge in [0.25, 0.3) is 0 Å². The molecule has 0 aromatic carbocycles. The van der Waals surface area contributed by atoms with E-state index < -0.39 is 15.4 Å². The zero-order valence-corrected chi connectivity index (χ0v) is 13.5. The maximum atomic E-state index is 11.9. The third-order valence-electron chi connectivity index (χ3n) is 3.01. The van der Waals surface area contributed by atoms with E-state index >= 15 is 0 Å². The van der Waals surface area contributed by atoms with Crippen LogP contribution in [-0.4, -0.2) is 56.0 Å². The Balaban J connectivity index is 2.36. The van der Waals surface area contributed by atoms with Crippen molar-refractivity contribution in [3.05, 3.63) is 0 Å². The predicted molar refractivity (Wildman–Crippen MR) is 80.3 cm³/mol. The second kappa shape index (κ2) is 6.95. The molecule has 19 heavy (non-hydrogen) atoms. The number of amides is 1. The van der Waals surface area contributed by atoms with E-state index in [1.54, 1.807) is 0 Å². The van der Waals surface area contributed by atoms with Crippen molar-refractivity contribution in [2.45, 2.75) is 38.3 Å². The topological polar surface area (TPSA) is 75.3 Å². The van der Waals surface area contributed by atoms with Gasteiger partial charge in [0, 0.05) is 42.3 Å². The van der Waals surface area contributed by atoms with E-state index in [2.05, 4.69) is 10.6 Å². The molecule has 1 saturated heterocycles. The van der Waals surface area contributed by atoms with Crippen LogP contribution in [0.1, 0.15) is 26.7 Å². The Morgan fingerprint density at radius 3 is 2.68 bits per heavy atom. The van der Waals surface area contributed by atoms with Gasteiger partial charge >= 0.3 is 0 Å². The quantitative estimate of drug-likeness (QED) is 0.743. The summed E-state index contributed by atoms with van der Waals surface area (Å²) < 4.78 is 22.3.